The van der Waals surface area contributed by atoms with E-state index >= 15 is 8.78 Å². The van der Waals surface area contributed by atoms with Crippen molar-refractivity contribution in [2.45, 2.75) is 103 Å². The molecule has 15 nitrogen and oxygen atoms in total. The number of aromatic nitrogens is 1. The van der Waals surface area contributed by atoms with Gasteiger partial charge in [-0.2, -0.15) is 0 Å². The molecule has 1 aromatic heterocycles. The fourth-order valence-electron chi connectivity index (χ4n) is 6.27. The molecule has 2 unspecified atom stereocenters. The topological polar surface area (TPSA) is 219 Å². The summed E-state index contributed by atoms with van der Waals surface area (Å²) in [7, 11) is 0. The number of fused-ring (bicyclic) bond motifs is 1. The molecule has 2 aromatic carbocycles. The second-order valence-electron chi connectivity index (χ2n) is 15.0. The predicted octanol–water partition coefficient (Wildman–Crippen LogP) is 1.02. The third-order valence-corrected chi connectivity index (χ3v) is 9.68. The van der Waals surface area contributed by atoms with E-state index in [0.717, 1.165) is 10.9 Å². The van der Waals surface area contributed by atoms with Crippen LogP contribution in [0.5, 0.6) is 0 Å². The third kappa shape index (κ3) is 11.8. The fraction of sp³-hybridized carbons (Fsp3) is 0.475. The summed E-state index contributed by atoms with van der Waals surface area (Å²) < 4.78 is 30.3. The Morgan fingerprint density at radius 1 is 0.579 bits per heavy atom. The van der Waals surface area contributed by atoms with Gasteiger partial charge in [0.1, 0.15) is 36.3 Å². The van der Waals surface area contributed by atoms with E-state index < -0.39 is 108 Å². The first kappa shape index (κ1) is 43.9. The van der Waals surface area contributed by atoms with Crippen LogP contribution < -0.4 is 37.2 Å². The van der Waals surface area contributed by atoms with Crippen molar-refractivity contribution in [3.05, 3.63) is 71.9 Å². The number of halogens is 2. The molecule has 7 amide bonds. The van der Waals surface area contributed by atoms with E-state index in [1.807, 2.05) is 6.07 Å². The highest BCUT2D eigenvalue weighted by Gasteiger charge is 2.36. The molecule has 1 aliphatic rings. The monoisotopic (exact) mass is 794 g/mol. The Bertz CT molecular complexity index is 1920. The number of nitrogens with one attached hydrogen (secondary N) is 8. The number of hydrogen-bond donors (Lipinski definition) is 8. The molecule has 4 rings (SSSR count). The minimum atomic E-state index is -2.81. The molecule has 0 bridgehead atoms. The van der Waals surface area contributed by atoms with Crippen molar-refractivity contribution in [1.29, 1.82) is 0 Å². The van der Waals surface area contributed by atoms with Gasteiger partial charge in [-0.15, -0.1) is 0 Å². The van der Waals surface area contributed by atoms with Gasteiger partial charge in [-0.25, -0.2) is 8.78 Å². The Morgan fingerprint density at radius 2 is 1.09 bits per heavy atom. The van der Waals surface area contributed by atoms with Crippen molar-refractivity contribution in [3.63, 3.8) is 0 Å². The van der Waals surface area contributed by atoms with Crippen LogP contribution in [0.3, 0.4) is 0 Å². The lowest BCUT2D eigenvalue weighted by Gasteiger charge is -2.29. The van der Waals surface area contributed by atoms with Crippen LogP contribution in [0.25, 0.3) is 10.9 Å². The van der Waals surface area contributed by atoms with Crippen molar-refractivity contribution < 1.29 is 42.3 Å². The number of H-pyrrole nitrogens is 1. The fourth-order valence-corrected chi connectivity index (χ4v) is 6.27. The van der Waals surface area contributed by atoms with Gasteiger partial charge in [0.25, 0.3) is 5.91 Å². The summed E-state index contributed by atoms with van der Waals surface area (Å²) >= 11 is 0. The van der Waals surface area contributed by atoms with E-state index in [1.165, 1.54) is 13.8 Å². The summed E-state index contributed by atoms with van der Waals surface area (Å²) in [5.41, 5.74) is 2.04. The van der Waals surface area contributed by atoms with Crippen molar-refractivity contribution in [1.82, 2.24) is 42.2 Å². The third-order valence-electron chi connectivity index (χ3n) is 9.68. The average molecular weight is 795 g/mol. The molecule has 3 aromatic rings. The minimum absolute atomic E-state index is 0.00293. The molecule has 57 heavy (non-hydrogen) atoms. The van der Waals surface area contributed by atoms with Crippen LogP contribution in [0.15, 0.2) is 60.8 Å². The van der Waals surface area contributed by atoms with E-state index in [2.05, 4.69) is 42.2 Å². The highest BCUT2D eigenvalue weighted by atomic mass is 19.2. The van der Waals surface area contributed by atoms with E-state index in [1.54, 1.807) is 82.4 Å². The van der Waals surface area contributed by atoms with Gasteiger partial charge in [0.2, 0.25) is 41.6 Å². The maximum Gasteiger partial charge on any atom is 0.258 e. The normalized spacial score (nSPS) is 26.8. The quantitative estimate of drug-likeness (QED) is 0.181. The summed E-state index contributed by atoms with van der Waals surface area (Å²) in [6, 6.07) is 8.25. The molecule has 0 aliphatic carbocycles. The molecule has 2 heterocycles. The number of para-hydroxylation sites is 1. The smallest absolute Gasteiger partial charge is 0.258 e. The molecule has 308 valence electrons. The second-order valence-corrected chi connectivity index (χ2v) is 15.0. The standard InChI is InChI=1S/C40H52F2N8O7/c1-20(2)32-39(56)46-22(5)34(51)47-30(17-25-18-43-28-15-11-10-14-26(25)28)36(53)44-19-27(41)31(42)38(55)45-23(6)35(52)49-33(21(3)4)40(57)48-29(37(54)50-32)16-24-12-8-7-9-13-24/h7-15,18,20-23,27,29-33,43H,16-17,19H2,1-6H3,(H,44,53)(H,45,55)(H,46,56)(H,47,51)(H,48,57)(H,49,52)(H,50,54)/t22-,23-,27-,29?,30-,31-,32?,33-/m1/s1. The lowest BCUT2D eigenvalue weighted by Crippen LogP contribution is -2.61. The Labute approximate surface area is 329 Å². The summed E-state index contributed by atoms with van der Waals surface area (Å²) in [5, 5.41) is 18.2. The first-order valence-electron chi connectivity index (χ1n) is 18.9. The van der Waals surface area contributed by atoms with Gasteiger partial charge in [0.15, 0.2) is 6.17 Å². The van der Waals surface area contributed by atoms with Crippen molar-refractivity contribution in [2.75, 3.05) is 6.54 Å². The Balaban J connectivity index is 1.67. The largest absolute Gasteiger partial charge is 0.361 e. The number of hydrogen-bond acceptors (Lipinski definition) is 7. The summed E-state index contributed by atoms with van der Waals surface area (Å²) in [5.74, 6) is -7.32. The number of rotatable bonds is 6. The molecule has 8 atom stereocenters. The summed E-state index contributed by atoms with van der Waals surface area (Å²) in [4.78, 5) is 97.4. The van der Waals surface area contributed by atoms with E-state index in [-0.39, 0.29) is 12.8 Å². The molecule has 0 radical (unpaired) electrons. The molecule has 1 fully saturated rings. The number of benzene rings is 2. The van der Waals surface area contributed by atoms with Crippen LogP contribution >= 0.6 is 0 Å². The lowest BCUT2D eigenvalue weighted by molar-refractivity contribution is -0.136. The Morgan fingerprint density at radius 3 is 1.72 bits per heavy atom. The van der Waals surface area contributed by atoms with Crippen LogP contribution in [0, 0.1) is 11.8 Å². The summed E-state index contributed by atoms with van der Waals surface area (Å²) in [6.07, 6.45) is -3.82. The van der Waals surface area contributed by atoms with Gasteiger partial charge in [-0.05, 0) is 42.9 Å². The van der Waals surface area contributed by atoms with E-state index in [0.29, 0.717) is 11.1 Å². The lowest BCUT2D eigenvalue weighted by atomic mass is 9.99. The van der Waals surface area contributed by atoms with Crippen molar-refractivity contribution in [2.24, 2.45) is 11.8 Å². The number of amides is 7. The van der Waals surface area contributed by atoms with Crippen LogP contribution in [0.4, 0.5) is 8.78 Å². The number of carbonyl (C=O) groups excluding carboxylic acids is 7. The molecular weight excluding hydrogens is 742 g/mol. The zero-order valence-electron chi connectivity index (χ0n) is 32.8. The zero-order chi connectivity index (χ0) is 42.0. The molecule has 8 N–H and O–H groups in total. The Hall–Kier alpha value is -5.87. The van der Waals surface area contributed by atoms with Crippen molar-refractivity contribution in [3.8, 4) is 0 Å². The van der Waals surface area contributed by atoms with Gasteiger partial charge in [0, 0.05) is 29.9 Å². The van der Waals surface area contributed by atoms with Gasteiger partial charge in [0.05, 0.1) is 6.54 Å². The zero-order valence-corrected chi connectivity index (χ0v) is 32.8. The van der Waals surface area contributed by atoms with Crippen LogP contribution in [-0.2, 0) is 46.4 Å². The highest BCUT2D eigenvalue weighted by Crippen LogP contribution is 2.19. The molecule has 0 spiro atoms. The van der Waals surface area contributed by atoms with Crippen LogP contribution in [0.2, 0.25) is 0 Å². The SMILES string of the molecule is CC(C)C1NC(=O)C(Cc2ccccc2)NC(=O)[C@@H](C(C)C)NC(=O)[C@@H](C)NC(=O)[C@H](F)[C@H](F)CNC(=O)[C@@H](Cc2c[nH]c3ccccc23)NC(=O)[C@@H](C)NC1=O. The molecule has 0 saturated carbocycles. The number of aromatic amines is 1. The minimum Gasteiger partial charge on any atom is -0.361 e. The predicted molar refractivity (Wildman–Crippen MR) is 208 cm³/mol. The molecule has 1 aliphatic heterocycles. The van der Waals surface area contributed by atoms with Crippen molar-refractivity contribution >= 4 is 52.3 Å². The van der Waals surface area contributed by atoms with Gasteiger partial charge >= 0.3 is 0 Å². The number of alkyl halides is 2. The van der Waals surface area contributed by atoms with Crippen LogP contribution in [0.1, 0.15) is 52.7 Å². The van der Waals surface area contributed by atoms with Gasteiger partial charge < -0.3 is 42.2 Å². The van der Waals surface area contributed by atoms with Gasteiger partial charge in [-0.3, -0.25) is 33.6 Å². The van der Waals surface area contributed by atoms with Crippen LogP contribution in [-0.4, -0.2) is 101 Å². The first-order valence-corrected chi connectivity index (χ1v) is 18.9. The molecule has 17 heteroatoms. The Kier molecular flexibility index (Phi) is 15.3. The maximum absolute atomic E-state index is 15.1. The maximum atomic E-state index is 15.1. The van der Waals surface area contributed by atoms with Gasteiger partial charge in [-0.1, -0.05) is 76.2 Å². The molecule has 1 saturated heterocycles. The summed E-state index contributed by atoms with van der Waals surface area (Å²) in [6.45, 7) is 8.25. The second kappa shape index (κ2) is 19.8. The first-order chi connectivity index (χ1) is 27.0. The van der Waals surface area contributed by atoms with E-state index in [4.69, 9.17) is 0 Å². The highest BCUT2D eigenvalue weighted by molar-refractivity contribution is 5.97. The van der Waals surface area contributed by atoms with E-state index in [9.17, 15) is 33.6 Å². The number of carbonyl (C=O) groups is 7. The molecular formula is C40H52F2N8O7. The average Bonchev–Trinajstić information content (AvgIpc) is 3.58.